The van der Waals surface area contributed by atoms with Crippen molar-refractivity contribution in [1.29, 1.82) is 0 Å². The molecule has 0 saturated carbocycles. The summed E-state index contributed by atoms with van der Waals surface area (Å²) in [6, 6.07) is 23.6. The summed E-state index contributed by atoms with van der Waals surface area (Å²) in [4.78, 5) is 42.5. The molecule has 0 aliphatic heterocycles. The minimum Gasteiger partial charge on any atom is -0.320 e. The molecule has 2 heterocycles. The van der Waals surface area contributed by atoms with Gasteiger partial charge < -0.3 is 4.57 Å². The Morgan fingerprint density at radius 2 is 1.58 bits per heavy atom. The van der Waals surface area contributed by atoms with Gasteiger partial charge in [0.15, 0.2) is 11.2 Å². The van der Waals surface area contributed by atoms with Gasteiger partial charge in [-0.05, 0) is 41.2 Å². The van der Waals surface area contributed by atoms with Crippen LogP contribution in [0.25, 0.3) is 16.9 Å². The Balaban J connectivity index is 1.64. The van der Waals surface area contributed by atoms with Crippen LogP contribution in [0.4, 0.5) is 5.69 Å². The number of hydrogen-bond donors (Lipinski definition) is 0. The van der Waals surface area contributed by atoms with Gasteiger partial charge in [-0.25, -0.2) is 14.3 Å². The average Bonchev–Trinajstić information content (AvgIpc) is 3.33. The molecule has 9 heteroatoms. The zero-order valence-corrected chi connectivity index (χ0v) is 21.2. The molecule has 2 aromatic heterocycles. The third-order valence-electron chi connectivity index (χ3n) is 6.69. The number of non-ortho nitro benzene ring substituents is 1. The fraction of sp³-hybridized carbons (Fsp3) is 0.207. The van der Waals surface area contributed by atoms with Gasteiger partial charge in [-0.2, -0.15) is 0 Å². The second-order valence-corrected chi connectivity index (χ2v) is 9.52. The minimum atomic E-state index is -0.453. The second kappa shape index (κ2) is 10.3. The zero-order valence-electron chi connectivity index (χ0n) is 21.2. The summed E-state index contributed by atoms with van der Waals surface area (Å²) in [6.07, 6.45) is 2.05. The third kappa shape index (κ3) is 4.78. The number of aromatic nitrogens is 4. The minimum absolute atomic E-state index is 0.00816. The number of rotatable bonds is 8. The van der Waals surface area contributed by atoms with Crippen molar-refractivity contribution in [2.24, 2.45) is 0 Å². The summed E-state index contributed by atoms with van der Waals surface area (Å²) in [6.45, 7) is 4.68. The molecule has 0 amide bonds. The second-order valence-electron chi connectivity index (χ2n) is 9.52. The molecule has 5 aromatic rings. The van der Waals surface area contributed by atoms with E-state index in [4.69, 9.17) is 0 Å². The quantitative estimate of drug-likeness (QED) is 0.223. The van der Waals surface area contributed by atoms with Crippen LogP contribution in [0, 0.1) is 10.1 Å². The van der Waals surface area contributed by atoms with Gasteiger partial charge in [0.2, 0.25) is 0 Å². The van der Waals surface area contributed by atoms with Gasteiger partial charge >= 0.3 is 5.69 Å². The summed E-state index contributed by atoms with van der Waals surface area (Å²) >= 11 is 0. The highest BCUT2D eigenvalue weighted by molar-refractivity contribution is 5.72. The van der Waals surface area contributed by atoms with Gasteiger partial charge in [0.1, 0.15) is 0 Å². The molecule has 5 rings (SSSR count). The number of nitro benzene ring substituents is 1. The molecule has 0 bridgehead atoms. The van der Waals surface area contributed by atoms with E-state index in [2.05, 4.69) is 18.8 Å². The van der Waals surface area contributed by atoms with Crippen molar-refractivity contribution in [3.8, 4) is 5.69 Å². The Bertz CT molecular complexity index is 1710. The highest BCUT2D eigenvalue weighted by Gasteiger charge is 2.20. The van der Waals surface area contributed by atoms with Gasteiger partial charge in [-0.3, -0.25) is 19.5 Å². The first-order chi connectivity index (χ1) is 18.3. The molecule has 192 valence electrons. The fourth-order valence-electron chi connectivity index (χ4n) is 4.54. The smallest absolute Gasteiger partial charge is 0.320 e. The lowest BCUT2D eigenvalue weighted by Gasteiger charge is -2.14. The van der Waals surface area contributed by atoms with Crippen molar-refractivity contribution in [1.82, 2.24) is 18.7 Å². The predicted octanol–water partition coefficient (Wildman–Crippen LogP) is 4.67. The summed E-state index contributed by atoms with van der Waals surface area (Å²) in [5, 5.41) is 11.0. The third-order valence-corrected chi connectivity index (χ3v) is 6.69. The molecule has 0 aliphatic rings. The van der Waals surface area contributed by atoms with Crippen LogP contribution >= 0.6 is 0 Å². The lowest BCUT2D eigenvalue weighted by Crippen LogP contribution is -2.40. The normalized spacial score (nSPS) is 11.3. The zero-order chi connectivity index (χ0) is 26.8. The number of hydrogen-bond acceptors (Lipinski definition) is 5. The lowest BCUT2D eigenvalue weighted by molar-refractivity contribution is -0.384. The molecule has 3 aromatic carbocycles. The van der Waals surface area contributed by atoms with Crippen molar-refractivity contribution in [3.05, 3.63) is 133 Å². The van der Waals surface area contributed by atoms with E-state index in [0.29, 0.717) is 23.5 Å². The Morgan fingerprint density at radius 1 is 0.895 bits per heavy atom. The van der Waals surface area contributed by atoms with Crippen LogP contribution < -0.4 is 11.2 Å². The number of nitro groups is 1. The molecule has 38 heavy (non-hydrogen) atoms. The maximum Gasteiger partial charge on any atom is 0.337 e. The van der Waals surface area contributed by atoms with Crippen molar-refractivity contribution < 1.29 is 4.92 Å². The highest BCUT2D eigenvalue weighted by atomic mass is 16.6. The first-order valence-corrected chi connectivity index (χ1v) is 12.4. The van der Waals surface area contributed by atoms with Gasteiger partial charge in [-0.1, -0.05) is 68.4 Å². The molecule has 0 atom stereocenters. The summed E-state index contributed by atoms with van der Waals surface area (Å²) in [7, 11) is 0. The topological polar surface area (TPSA) is 105 Å². The maximum atomic E-state index is 13.7. The predicted molar refractivity (Wildman–Crippen MR) is 146 cm³/mol. The number of fused-ring (bicyclic) bond motifs is 1. The molecule has 0 saturated heterocycles. The molecule has 0 unspecified atom stereocenters. The van der Waals surface area contributed by atoms with Crippen molar-refractivity contribution in [2.75, 3.05) is 0 Å². The Kier molecular flexibility index (Phi) is 6.74. The van der Waals surface area contributed by atoms with Crippen LogP contribution in [-0.2, 0) is 19.5 Å². The number of benzene rings is 3. The molecule has 0 fully saturated rings. The van der Waals surface area contributed by atoms with Crippen LogP contribution in [0.2, 0.25) is 0 Å². The van der Waals surface area contributed by atoms with Gasteiger partial charge in [0, 0.05) is 25.2 Å². The Hall–Kier alpha value is -4.79. The molecule has 9 nitrogen and oxygen atoms in total. The molecule has 0 spiro atoms. The summed E-state index contributed by atoms with van der Waals surface area (Å²) < 4.78 is 4.44. The highest BCUT2D eigenvalue weighted by Crippen LogP contribution is 2.20. The van der Waals surface area contributed by atoms with Crippen LogP contribution in [0.5, 0.6) is 0 Å². The van der Waals surface area contributed by atoms with Crippen LogP contribution in [0.1, 0.15) is 36.5 Å². The number of imidazole rings is 1. The van der Waals surface area contributed by atoms with E-state index in [-0.39, 0.29) is 24.4 Å². The van der Waals surface area contributed by atoms with E-state index in [0.717, 1.165) is 16.7 Å². The molecular weight excluding hydrogens is 482 g/mol. The van der Waals surface area contributed by atoms with Crippen molar-refractivity contribution in [3.63, 3.8) is 0 Å². The molecule has 0 N–H and O–H groups in total. The van der Waals surface area contributed by atoms with E-state index < -0.39 is 16.2 Å². The summed E-state index contributed by atoms with van der Waals surface area (Å²) in [5.74, 6) is 0.335. The van der Waals surface area contributed by atoms with Crippen LogP contribution in [-0.4, -0.2) is 23.6 Å². The monoisotopic (exact) mass is 509 g/mol. The van der Waals surface area contributed by atoms with Gasteiger partial charge in [0.25, 0.3) is 11.2 Å². The van der Waals surface area contributed by atoms with E-state index in [9.17, 15) is 19.7 Å². The van der Waals surface area contributed by atoms with E-state index >= 15 is 0 Å². The summed E-state index contributed by atoms with van der Waals surface area (Å²) in [5.41, 5.74) is 3.24. The lowest BCUT2D eigenvalue weighted by atomic mass is 10.0. The first kappa shape index (κ1) is 24.9. The SMILES string of the molecule is CC(C)c1ccc(-n2c(=O)n(CCc3ccccc3)c(=O)c3c2ncn3Cc2ccc([N+](=O)[O-])cc2)cc1. The Morgan fingerprint density at radius 3 is 2.21 bits per heavy atom. The molecule has 0 aliphatic carbocycles. The van der Waals surface area contributed by atoms with E-state index in [1.165, 1.54) is 27.6 Å². The van der Waals surface area contributed by atoms with Gasteiger partial charge in [-0.15, -0.1) is 0 Å². The van der Waals surface area contributed by atoms with Crippen LogP contribution in [0.3, 0.4) is 0 Å². The van der Waals surface area contributed by atoms with Crippen molar-refractivity contribution in [2.45, 2.75) is 39.3 Å². The Labute approximate surface area is 218 Å². The van der Waals surface area contributed by atoms with E-state index in [1.54, 1.807) is 16.7 Å². The number of aryl methyl sites for hydroxylation is 1. The molecule has 0 radical (unpaired) electrons. The average molecular weight is 510 g/mol. The largest absolute Gasteiger partial charge is 0.337 e. The standard InChI is InChI=1S/C29H27N5O4/c1-20(2)23-10-14-24(15-11-23)33-27-26(28(35)32(29(33)36)17-16-21-6-4-3-5-7-21)31(19-30-27)18-22-8-12-25(13-9-22)34(37)38/h3-15,19-20H,16-18H2,1-2H3. The van der Waals surface area contributed by atoms with Crippen molar-refractivity contribution >= 4 is 16.9 Å². The fourth-order valence-corrected chi connectivity index (χ4v) is 4.54. The van der Waals surface area contributed by atoms with Gasteiger partial charge in [0.05, 0.1) is 16.9 Å². The maximum absolute atomic E-state index is 13.7. The van der Waals surface area contributed by atoms with E-state index in [1.807, 2.05) is 54.6 Å². The first-order valence-electron chi connectivity index (χ1n) is 12.4. The molecular formula is C29H27N5O4. The number of nitrogens with zero attached hydrogens (tertiary/aromatic N) is 5. The van der Waals surface area contributed by atoms with Crippen LogP contribution in [0.15, 0.2) is 94.8 Å².